The quantitative estimate of drug-likeness (QED) is 0.890. The first-order valence-corrected chi connectivity index (χ1v) is 7.36. The van der Waals surface area contributed by atoms with Crippen LogP contribution in [0.4, 0.5) is 4.39 Å². The van der Waals surface area contributed by atoms with Crippen LogP contribution in [0.15, 0.2) is 22.7 Å². The summed E-state index contributed by atoms with van der Waals surface area (Å²) in [6.45, 7) is 2.77. The van der Waals surface area contributed by atoms with Crippen molar-refractivity contribution in [1.29, 1.82) is 0 Å². The Morgan fingerprint density at radius 3 is 3.05 bits per heavy atom. The number of hydrogen-bond donors (Lipinski definition) is 2. The lowest BCUT2D eigenvalue weighted by molar-refractivity contribution is -0.120. The third-order valence-electron chi connectivity index (χ3n) is 3.34. The minimum absolute atomic E-state index is 0.0101. The van der Waals surface area contributed by atoms with Gasteiger partial charge in [0.05, 0.1) is 10.9 Å². The standard InChI is InChI=1S/C14H18BrFN2O/c15-12-6-10(3-4-13(12)16)7-14(19)18-9-11-2-1-5-17-8-11/h3-4,6,11,17H,1-2,5,7-9H2,(H,18,19)/t11-/m1/s1. The molecule has 0 unspecified atom stereocenters. The van der Waals surface area contributed by atoms with Gasteiger partial charge in [0.1, 0.15) is 5.82 Å². The van der Waals surface area contributed by atoms with E-state index in [2.05, 4.69) is 26.6 Å². The van der Waals surface area contributed by atoms with E-state index in [1.54, 1.807) is 12.1 Å². The number of carbonyl (C=O) groups excluding carboxylic acids is 1. The van der Waals surface area contributed by atoms with E-state index in [4.69, 9.17) is 0 Å². The second kappa shape index (κ2) is 7.01. The summed E-state index contributed by atoms with van der Waals surface area (Å²) in [5.74, 6) is 0.208. The van der Waals surface area contributed by atoms with Gasteiger partial charge in [0.25, 0.3) is 0 Å². The number of rotatable bonds is 4. The maximum Gasteiger partial charge on any atom is 0.224 e. The molecule has 1 heterocycles. The predicted octanol–water partition coefficient (Wildman–Crippen LogP) is 2.25. The highest BCUT2D eigenvalue weighted by Crippen LogP contribution is 2.17. The van der Waals surface area contributed by atoms with Crippen molar-refractivity contribution in [3.05, 3.63) is 34.1 Å². The number of benzene rings is 1. The topological polar surface area (TPSA) is 41.1 Å². The smallest absolute Gasteiger partial charge is 0.224 e. The van der Waals surface area contributed by atoms with Crippen LogP contribution in [0.5, 0.6) is 0 Å². The van der Waals surface area contributed by atoms with E-state index in [-0.39, 0.29) is 11.7 Å². The van der Waals surface area contributed by atoms with E-state index in [9.17, 15) is 9.18 Å². The summed E-state index contributed by atoms with van der Waals surface area (Å²) in [6, 6.07) is 4.66. The molecule has 1 aromatic carbocycles. The Labute approximate surface area is 121 Å². The van der Waals surface area contributed by atoms with Crippen LogP contribution in [0.2, 0.25) is 0 Å². The van der Waals surface area contributed by atoms with E-state index in [0.29, 0.717) is 23.4 Å². The zero-order valence-electron chi connectivity index (χ0n) is 10.7. The molecule has 1 amide bonds. The van der Waals surface area contributed by atoms with Gasteiger partial charge in [0.2, 0.25) is 5.91 Å². The highest BCUT2D eigenvalue weighted by atomic mass is 79.9. The van der Waals surface area contributed by atoms with Crippen molar-refractivity contribution in [3.63, 3.8) is 0 Å². The van der Waals surface area contributed by atoms with Crippen molar-refractivity contribution < 1.29 is 9.18 Å². The van der Waals surface area contributed by atoms with Crippen molar-refractivity contribution in [2.75, 3.05) is 19.6 Å². The summed E-state index contributed by atoms with van der Waals surface area (Å²) in [6.07, 6.45) is 2.62. The lowest BCUT2D eigenvalue weighted by atomic mass is 10.00. The van der Waals surface area contributed by atoms with Crippen molar-refractivity contribution in [3.8, 4) is 0 Å². The van der Waals surface area contributed by atoms with Crippen LogP contribution in [0.3, 0.4) is 0 Å². The van der Waals surface area contributed by atoms with Gasteiger partial charge >= 0.3 is 0 Å². The van der Waals surface area contributed by atoms with E-state index in [1.807, 2.05) is 0 Å². The molecule has 3 nitrogen and oxygen atoms in total. The van der Waals surface area contributed by atoms with Crippen molar-refractivity contribution >= 4 is 21.8 Å². The van der Waals surface area contributed by atoms with Gasteiger partial charge in [-0.3, -0.25) is 4.79 Å². The summed E-state index contributed by atoms with van der Waals surface area (Å²) in [4.78, 5) is 11.8. The predicted molar refractivity (Wildman–Crippen MR) is 76.4 cm³/mol. The Bertz CT molecular complexity index is 447. The van der Waals surface area contributed by atoms with E-state index < -0.39 is 0 Å². The van der Waals surface area contributed by atoms with Crippen LogP contribution in [0, 0.1) is 11.7 Å². The summed E-state index contributed by atoms with van der Waals surface area (Å²) in [7, 11) is 0. The molecule has 0 bridgehead atoms. The summed E-state index contributed by atoms with van der Waals surface area (Å²) < 4.78 is 13.5. The minimum atomic E-state index is -0.308. The van der Waals surface area contributed by atoms with E-state index >= 15 is 0 Å². The van der Waals surface area contributed by atoms with Gasteiger partial charge in [-0.1, -0.05) is 6.07 Å². The number of halogens is 2. The Hall–Kier alpha value is -0.940. The molecule has 0 saturated carbocycles. The van der Waals surface area contributed by atoms with Crippen LogP contribution < -0.4 is 10.6 Å². The third kappa shape index (κ3) is 4.58. The Morgan fingerprint density at radius 2 is 2.37 bits per heavy atom. The first-order chi connectivity index (χ1) is 9.15. The van der Waals surface area contributed by atoms with Crippen LogP contribution >= 0.6 is 15.9 Å². The fourth-order valence-electron chi connectivity index (χ4n) is 2.25. The first-order valence-electron chi connectivity index (χ1n) is 6.56. The summed E-state index contributed by atoms with van der Waals surface area (Å²) >= 11 is 3.12. The average Bonchev–Trinajstić information content (AvgIpc) is 2.42. The van der Waals surface area contributed by atoms with Gasteiger partial charge in [-0.25, -0.2) is 4.39 Å². The molecule has 0 radical (unpaired) electrons. The highest BCUT2D eigenvalue weighted by Gasteiger charge is 2.14. The molecule has 19 heavy (non-hydrogen) atoms. The van der Waals surface area contributed by atoms with Crippen molar-refractivity contribution in [2.45, 2.75) is 19.3 Å². The number of hydrogen-bond acceptors (Lipinski definition) is 2. The average molecular weight is 329 g/mol. The molecule has 1 atom stereocenters. The molecule has 1 fully saturated rings. The van der Waals surface area contributed by atoms with Gasteiger partial charge < -0.3 is 10.6 Å². The third-order valence-corrected chi connectivity index (χ3v) is 3.94. The lowest BCUT2D eigenvalue weighted by Crippen LogP contribution is -2.38. The molecule has 1 aliphatic heterocycles. The second-order valence-electron chi connectivity index (χ2n) is 4.94. The first kappa shape index (κ1) is 14.5. The molecular weight excluding hydrogens is 311 g/mol. The monoisotopic (exact) mass is 328 g/mol. The molecule has 1 saturated heterocycles. The molecule has 0 aromatic heterocycles. The van der Waals surface area contributed by atoms with Gasteiger partial charge in [0, 0.05) is 6.54 Å². The van der Waals surface area contributed by atoms with Crippen molar-refractivity contribution in [1.82, 2.24) is 10.6 Å². The second-order valence-corrected chi connectivity index (χ2v) is 5.80. The number of amides is 1. The van der Waals surface area contributed by atoms with Crippen LogP contribution in [-0.4, -0.2) is 25.5 Å². The van der Waals surface area contributed by atoms with E-state index in [0.717, 1.165) is 25.1 Å². The number of nitrogens with one attached hydrogen (secondary N) is 2. The normalized spacial score (nSPS) is 19.2. The molecule has 1 aromatic rings. The van der Waals surface area contributed by atoms with Gasteiger partial charge in [-0.2, -0.15) is 0 Å². The molecule has 104 valence electrons. The molecule has 2 rings (SSSR count). The molecule has 1 aliphatic rings. The van der Waals surface area contributed by atoms with Crippen molar-refractivity contribution in [2.24, 2.45) is 5.92 Å². The van der Waals surface area contributed by atoms with Crippen LogP contribution in [-0.2, 0) is 11.2 Å². The summed E-state index contributed by atoms with van der Waals surface area (Å²) in [5.41, 5.74) is 0.813. The SMILES string of the molecule is O=C(Cc1ccc(F)c(Br)c1)NC[C@@H]1CCCNC1. The van der Waals surface area contributed by atoms with Gasteiger partial charge in [-0.15, -0.1) is 0 Å². The molecule has 0 aliphatic carbocycles. The summed E-state index contributed by atoms with van der Waals surface area (Å²) in [5, 5.41) is 6.27. The fraction of sp³-hybridized carbons (Fsp3) is 0.500. The minimum Gasteiger partial charge on any atom is -0.355 e. The zero-order valence-corrected chi connectivity index (χ0v) is 12.3. The zero-order chi connectivity index (χ0) is 13.7. The Balaban J connectivity index is 1.78. The number of carbonyl (C=O) groups is 1. The Kier molecular flexibility index (Phi) is 5.34. The highest BCUT2D eigenvalue weighted by molar-refractivity contribution is 9.10. The lowest BCUT2D eigenvalue weighted by Gasteiger charge is -2.22. The van der Waals surface area contributed by atoms with Gasteiger partial charge in [0.15, 0.2) is 0 Å². The molecule has 0 spiro atoms. The Morgan fingerprint density at radius 1 is 1.53 bits per heavy atom. The molecule has 2 N–H and O–H groups in total. The fourth-order valence-corrected chi connectivity index (χ4v) is 2.68. The van der Waals surface area contributed by atoms with E-state index in [1.165, 1.54) is 12.5 Å². The molecular formula is C14H18BrFN2O. The molecule has 5 heteroatoms. The van der Waals surface area contributed by atoms with Crippen LogP contribution in [0.25, 0.3) is 0 Å². The van der Waals surface area contributed by atoms with Crippen LogP contribution in [0.1, 0.15) is 18.4 Å². The largest absolute Gasteiger partial charge is 0.355 e. The number of piperidine rings is 1. The maximum absolute atomic E-state index is 13.1. The maximum atomic E-state index is 13.1. The van der Waals surface area contributed by atoms with Gasteiger partial charge in [-0.05, 0) is 65.5 Å².